The first-order chi connectivity index (χ1) is 12.3. The van der Waals surface area contributed by atoms with Crippen LogP contribution in [0.25, 0.3) is 11.3 Å². The Bertz CT molecular complexity index is 722. The molecular formula is C21H26N4. The molecule has 3 rings (SSSR count). The number of rotatable bonds is 8. The molecule has 130 valence electrons. The predicted octanol–water partition coefficient (Wildman–Crippen LogP) is 5.04. The van der Waals surface area contributed by atoms with Crippen LogP contribution in [0.15, 0.2) is 60.7 Å². The summed E-state index contributed by atoms with van der Waals surface area (Å²) in [6.45, 7) is 5.30. The number of benzene rings is 1. The zero-order valence-corrected chi connectivity index (χ0v) is 14.7. The fraction of sp³-hybridized carbons (Fsp3) is 0.333. The largest absolute Gasteiger partial charge is 0.366 e. The van der Waals surface area contributed by atoms with Gasteiger partial charge in [-0.1, -0.05) is 48.1 Å². The van der Waals surface area contributed by atoms with E-state index in [1.54, 1.807) is 5.57 Å². The fourth-order valence-corrected chi connectivity index (χ4v) is 3.02. The maximum absolute atomic E-state index is 4.69. The molecule has 1 heterocycles. The minimum absolute atomic E-state index is 0.671. The predicted molar refractivity (Wildman–Crippen MR) is 106 cm³/mol. The third kappa shape index (κ3) is 5.18. The van der Waals surface area contributed by atoms with E-state index in [0.29, 0.717) is 12.5 Å². The Balaban J connectivity index is 1.72. The highest BCUT2D eigenvalue weighted by atomic mass is 15.1. The molecule has 1 aromatic heterocycles. The van der Waals surface area contributed by atoms with Gasteiger partial charge in [0.05, 0.1) is 5.69 Å². The number of anilines is 2. The van der Waals surface area contributed by atoms with E-state index in [2.05, 4.69) is 45.4 Å². The van der Waals surface area contributed by atoms with E-state index in [1.165, 1.54) is 25.7 Å². The van der Waals surface area contributed by atoms with Gasteiger partial charge in [0.25, 0.3) is 0 Å². The third-order valence-corrected chi connectivity index (χ3v) is 4.34. The lowest BCUT2D eigenvalue weighted by atomic mass is 9.97. The average Bonchev–Trinajstić information content (AvgIpc) is 2.68. The monoisotopic (exact) mass is 334 g/mol. The molecule has 0 fully saturated rings. The summed E-state index contributed by atoms with van der Waals surface area (Å²) in [6.07, 6.45) is 10.4. The van der Waals surface area contributed by atoms with Crippen LogP contribution in [0.1, 0.15) is 32.1 Å². The van der Waals surface area contributed by atoms with Crippen molar-refractivity contribution in [1.29, 1.82) is 0 Å². The van der Waals surface area contributed by atoms with Gasteiger partial charge in [-0.3, -0.25) is 0 Å². The zero-order valence-electron chi connectivity index (χ0n) is 14.7. The first kappa shape index (κ1) is 17.2. The lowest BCUT2D eigenvalue weighted by Crippen LogP contribution is -2.10. The van der Waals surface area contributed by atoms with Crippen molar-refractivity contribution in [3.8, 4) is 11.3 Å². The van der Waals surface area contributed by atoms with Crippen LogP contribution in [0.4, 0.5) is 11.8 Å². The highest BCUT2D eigenvalue weighted by Gasteiger charge is 2.07. The van der Waals surface area contributed by atoms with Crippen LogP contribution in [0.3, 0.4) is 0 Å². The van der Waals surface area contributed by atoms with Crippen molar-refractivity contribution < 1.29 is 0 Å². The van der Waals surface area contributed by atoms with Crippen molar-refractivity contribution in [3.63, 3.8) is 0 Å². The highest BCUT2D eigenvalue weighted by molar-refractivity contribution is 5.64. The molecule has 2 aromatic rings. The summed E-state index contributed by atoms with van der Waals surface area (Å²) in [5.74, 6) is 1.48. The summed E-state index contributed by atoms with van der Waals surface area (Å²) in [5, 5.41) is 6.65. The first-order valence-corrected chi connectivity index (χ1v) is 9.06. The molecule has 0 amide bonds. The molecule has 1 aromatic carbocycles. The van der Waals surface area contributed by atoms with Crippen LogP contribution in [-0.4, -0.2) is 23.1 Å². The standard InChI is InChI=1S/C21H26N4/c1-2-14-22-20-16-19(18-11-7-4-8-12-18)24-21(25-20)23-15-13-17-9-5-3-6-10-17/h2,4,7-9,11-12,16H,1,3,5-6,10,13-15H2,(H2,22,23,24,25). The Kier molecular flexibility index (Phi) is 6.21. The molecule has 2 N–H and O–H groups in total. The van der Waals surface area contributed by atoms with Gasteiger partial charge in [0.2, 0.25) is 5.95 Å². The van der Waals surface area contributed by atoms with Gasteiger partial charge >= 0.3 is 0 Å². The second-order valence-corrected chi connectivity index (χ2v) is 6.28. The molecule has 0 aliphatic heterocycles. The van der Waals surface area contributed by atoms with Gasteiger partial charge in [-0.05, 0) is 32.1 Å². The van der Waals surface area contributed by atoms with Crippen LogP contribution in [-0.2, 0) is 0 Å². The van der Waals surface area contributed by atoms with Crippen molar-refractivity contribution in [3.05, 3.63) is 60.7 Å². The number of allylic oxidation sites excluding steroid dienone is 1. The summed E-state index contributed by atoms with van der Waals surface area (Å²) in [5.41, 5.74) is 3.56. The quantitative estimate of drug-likeness (QED) is 0.664. The summed E-state index contributed by atoms with van der Waals surface area (Å²) in [6, 6.07) is 12.2. The van der Waals surface area contributed by atoms with E-state index in [0.717, 1.165) is 30.0 Å². The summed E-state index contributed by atoms with van der Waals surface area (Å²) >= 11 is 0. The van der Waals surface area contributed by atoms with Gasteiger partial charge in [0.15, 0.2) is 0 Å². The Labute approximate surface area is 150 Å². The van der Waals surface area contributed by atoms with E-state index in [1.807, 2.05) is 30.3 Å². The number of nitrogens with zero attached hydrogens (tertiary/aromatic N) is 2. The second kappa shape index (κ2) is 9.02. The second-order valence-electron chi connectivity index (χ2n) is 6.28. The fourth-order valence-electron chi connectivity index (χ4n) is 3.02. The minimum Gasteiger partial charge on any atom is -0.366 e. The molecule has 0 spiro atoms. The number of hydrogen-bond acceptors (Lipinski definition) is 4. The maximum atomic E-state index is 4.69. The van der Waals surface area contributed by atoms with Crippen molar-refractivity contribution in [2.75, 3.05) is 23.7 Å². The average molecular weight is 334 g/mol. The summed E-state index contributed by atoms with van der Waals surface area (Å²) in [4.78, 5) is 9.27. The first-order valence-electron chi connectivity index (χ1n) is 9.06. The molecule has 0 saturated carbocycles. The van der Waals surface area contributed by atoms with E-state index < -0.39 is 0 Å². The van der Waals surface area contributed by atoms with Gasteiger partial charge in [0.1, 0.15) is 5.82 Å². The summed E-state index contributed by atoms with van der Waals surface area (Å²) in [7, 11) is 0. The van der Waals surface area contributed by atoms with E-state index in [-0.39, 0.29) is 0 Å². The third-order valence-electron chi connectivity index (χ3n) is 4.34. The van der Waals surface area contributed by atoms with Crippen molar-refractivity contribution in [1.82, 2.24) is 9.97 Å². The molecule has 0 unspecified atom stereocenters. The number of nitrogens with one attached hydrogen (secondary N) is 2. The SMILES string of the molecule is C=CCNc1cc(-c2ccccc2)nc(NCCC2=CCCCC2)n1. The van der Waals surface area contributed by atoms with E-state index in [9.17, 15) is 0 Å². The van der Waals surface area contributed by atoms with Gasteiger partial charge in [-0.15, -0.1) is 6.58 Å². The molecule has 0 atom stereocenters. The van der Waals surface area contributed by atoms with Crippen LogP contribution in [0, 0.1) is 0 Å². The van der Waals surface area contributed by atoms with Crippen LogP contribution in [0.2, 0.25) is 0 Å². The van der Waals surface area contributed by atoms with Crippen molar-refractivity contribution in [2.24, 2.45) is 0 Å². The van der Waals surface area contributed by atoms with Gasteiger partial charge < -0.3 is 10.6 Å². The van der Waals surface area contributed by atoms with Gasteiger partial charge in [-0.2, -0.15) is 4.98 Å². The molecule has 1 aliphatic carbocycles. The molecule has 0 radical (unpaired) electrons. The Morgan fingerprint density at radius 2 is 1.96 bits per heavy atom. The molecule has 1 aliphatic rings. The van der Waals surface area contributed by atoms with E-state index >= 15 is 0 Å². The highest BCUT2D eigenvalue weighted by Crippen LogP contribution is 2.22. The van der Waals surface area contributed by atoms with Gasteiger partial charge in [0, 0.05) is 24.7 Å². The minimum atomic E-state index is 0.671. The Hall–Kier alpha value is -2.62. The zero-order chi connectivity index (χ0) is 17.3. The molecule has 4 heteroatoms. The Morgan fingerprint density at radius 1 is 1.08 bits per heavy atom. The molecule has 4 nitrogen and oxygen atoms in total. The number of aromatic nitrogens is 2. The van der Waals surface area contributed by atoms with Crippen LogP contribution in [0.5, 0.6) is 0 Å². The van der Waals surface area contributed by atoms with Crippen molar-refractivity contribution in [2.45, 2.75) is 32.1 Å². The molecule has 0 saturated heterocycles. The van der Waals surface area contributed by atoms with Gasteiger partial charge in [-0.25, -0.2) is 4.98 Å². The van der Waals surface area contributed by atoms with E-state index in [4.69, 9.17) is 0 Å². The molecule has 0 bridgehead atoms. The van der Waals surface area contributed by atoms with Crippen LogP contribution < -0.4 is 10.6 Å². The smallest absolute Gasteiger partial charge is 0.225 e. The normalized spacial score (nSPS) is 13.8. The maximum Gasteiger partial charge on any atom is 0.225 e. The van der Waals surface area contributed by atoms with Crippen LogP contribution >= 0.6 is 0 Å². The molecule has 25 heavy (non-hydrogen) atoms. The lowest BCUT2D eigenvalue weighted by Gasteiger charge is -2.14. The lowest BCUT2D eigenvalue weighted by molar-refractivity contribution is 0.679. The number of hydrogen-bond donors (Lipinski definition) is 2. The molecular weight excluding hydrogens is 308 g/mol. The Morgan fingerprint density at radius 3 is 2.72 bits per heavy atom. The topological polar surface area (TPSA) is 49.8 Å². The summed E-state index contributed by atoms with van der Waals surface area (Å²) < 4.78 is 0. The van der Waals surface area contributed by atoms with Crippen molar-refractivity contribution >= 4 is 11.8 Å².